The number of rotatable bonds is 4. The summed E-state index contributed by atoms with van der Waals surface area (Å²) in [5.74, 6) is -1.56. The zero-order valence-corrected chi connectivity index (χ0v) is 20.8. The number of alkyl halides is 3. The number of amides is 2. The van der Waals surface area contributed by atoms with Gasteiger partial charge in [0, 0.05) is 29.3 Å². The molecule has 1 saturated carbocycles. The molecule has 3 aromatic rings. The van der Waals surface area contributed by atoms with E-state index in [9.17, 15) is 27.9 Å². The summed E-state index contributed by atoms with van der Waals surface area (Å²) >= 11 is 0. The number of halogens is 3. The molecule has 0 saturated heterocycles. The van der Waals surface area contributed by atoms with E-state index in [2.05, 4.69) is 15.6 Å². The molecule has 3 N–H and O–H groups in total. The van der Waals surface area contributed by atoms with Gasteiger partial charge in [0.2, 0.25) is 0 Å². The lowest BCUT2D eigenvalue weighted by molar-refractivity contribution is -0.278. The number of fused-ring (bicyclic) bond motifs is 3. The Balaban J connectivity index is 1.58. The highest BCUT2D eigenvalue weighted by molar-refractivity contribution is 6.07. The number of aryl methyl sites for hydroxylation is 1. The number of nitrogens with zero attached hydrogens (tertiary/aromatic N) is 1. The number of carbonyl (C=O) groups excluding carboxylic acids is 2. The van der Waals surface area contributed by atoms with Crippen LogP contribution < -0.4 is 10.6 Å². The number of carbonyl (C=O) groups is 2. The van der Waals surface area contributed by atoms with Gasteiger partial charge >= 0.3 is 6.18 Å². The Kier molecular flexibility index (Phi) is 6.51. The third-order valence-electron chi connectivity index (χ3n) is 8.07. The minimum absolute atomic E-state index is 0.0187. The fourth-order valence-corrected chi connectivity index (χ4v) is 5.94. The lowest BCUT2D eigenvalue weighted by Crippen LogP contribution is -2.57. The zero-order valence-electron chi connectivity index (χ0n) is 20.8. The SMILES string of the molecule is Cc1ncccc1NC(=O)c1ccc2c(c1)C(=O)NC[C@H]1CC(O)(C(F)(F)F)CC[C@@]21Cc1ccccc1. The second-order valence-corrected chi connectivity index (χ2v) is 10.3. The van der Waals surface area contributed by atoms with Gasteiger partial charge in [-0.3, -0.25) is 14.6 Å². The Bertz CT molecular complexity index is 1380. The van der Waals surface area contributed by atoms with Gasteiger partial charge in [0.05, 0.1) is 11.4 Å². The van der Waals surface area contributed by atoms with E-state index in [0.29, 0.717) is 23.4 Å². The molecule has 0 spiro atoms. The molecule has 5 rings (SSSR count). The van der Waals surface area contributed by atoms with E-state index >= 15 is 0 Å². The van der Waals surface area contributed by atoms with Crippen LogP contribution in [-0.4, -0.2) is 40.2 Å². The van der Waals surface area contributed by atoms with Crippen LogP contribution in [0, 0.1) is 12.8 Å². The van der Waals surface area contributed by atoms with Crippen molar-refractivity contribution in [2.45, 2.75) is 49.8 Å². The van der Waals surface area contributed by atoms with Crippen molar-refractivity contribution in [3.8, 4) is 0 Å². The first-order chi connectivity index (χ1) is 18.0. The van der Waals surface area contributed by atoms with Crippen LogP contribution in [0.1, 0.15) is 56.8 Å². The molecule has 2 heterocycles. The number of aliphatic hydroxyl groups is 1. The number of anilines is 1. The molecule has 2 aromatic carbocycles. The molecule has 38 heavy (non-hydrogen) atoms. The summed E-state index contributed by atoms with van der Waals surface area (Å²) in [6.07, 6.45) is -3.73. The Morgan fingerprint density at radius 3 is 2.61 bits per heavy atom. The van der Waals surface area contributed by atoms with Crippen molar-refractivity contribution in [1.29, 1.82) is 0 Å². The quantitative estimate of drug-likeness (QED) is 0.451. The average molecular weight is 524 g/mol. The summed E-state index contributed by atoms with van der Waals surface area (Å²) < 4.78 is 41.6. The number of nitrogens with one attached hydrogen (secondary N) is 2. The van der Waals surface area contributed by atoms with Gasteiger partial charge < -0.3 is 15.7 Å². The van der Waals surface area contributed by atoms with E-state index in [4.69, 9.17) is 0 Å². The second kappa shape index (κ2) is 9.54. The van der Waals surface area contributed by atoms with Crippen molar-refractivity contribution in [3.05, 3.63) is 94.8 Å². The molecule has 1 aliphatic carbocycles. The minimum Gasteiger partial charge on any atom is -0.380 e. The highest BCUT2D eigenvalue weighted by atomic mass is 19.4. The molecule has 1 aliphatic heterocycles. The lowest BCUT2D eigenvalue weighted by Gasteiger charge is -2.50. The van der Waals surface area contributed by atoms with Gasteiger partial charge in [-0.2, -0.15) is 13.2 Å². The topological polar surface area (TPSA) is 91.3 Å². The number of hydrogen-bond acceptors (Lipinski definition) is 4. The fourth-order valence-electron chi connectivity index (χ4n) is 5.94. The summed E-state index contributed by atoms with van der Waals surface area (Å²) in [5, 5.41) is 16.2. The summed E-state index contributed by atoms with van der Waals surface area (Å²) in [6.45, 7) is 1.74. The van der Waals surface area contributed by atoms with Crippen LogP contribution in [0.4, 0.5) is 18.9 Å². The van der Waals surface area contributed by atoms with E-state index in [1.165, 1.54) is 6.07 Å². The van der Waals surface area contributed by atoms with Crippen LogP contribution in [0.3, 0.4) is 0 Å². The Labute approximate surface area is 218 Å². The Morgan fingerprint density at radius 1 is 1.13 bits per heavy atom. The maximum atomic E-state index is 13.9. The first-order valence-corrected chi connectivity index (χ1v) is 12.5. The number of pyridine rings is 1. The minimum atomic E-state index is -4.78. The van der Waals surface area contributed by atoms with Crippen molar-refractivity contribution < 1.29 is 27.9 Å². The number of benzene rings is 2. The van der Waals surface area contributed by atoms with Crippen molar-refractivity contribution in [3.63, 3.8) is 0 Å². The predicted molar refractivity (Wildman–Crippen MR) is 136 cm³/mol. The number of aromatic nitrogens is 1. The van der Waals surface area contributed by atoms with Gasteiger partial charge in [-0.15, -0.1) is 0 Å². The monoisotopic (exact) mass is 523 g/mol. The van der Waals surface area contributed by atoms with Gasteiger partial charge in [-0.1, -0.05) is 36.4 Å². The zero-order chi connectivity index (χ0) is 27.1. The van der Waals surface area contributed by atoms with Crippen molar-refractivity contribution in [2.75, 3.05) is 11.9 Å². The summed E-state index contributed by atoms with van der Waals surface area (Å²) in [5.41, 5.74) is -0.469. The predicted octanol–water partition coefficient (Wildman–Crippen LogP) is 4.96. The van der Waals surface area contributed by atoms with Crippen LogP contribution in [0.2, 0.25) is 0 Å². The first kappa shape index (κ1) is 25.9. The molecule has 6 nitrogen and oxygen atoms in total. The first-order valence-electron chi connectivity index (χ1n) is 12.5. The van der Waals surface area contributed by atoms with Crippen LogP contribution in [-0.2, 0) is 11.8 Å². The molecule has 2 aliphatic rings. The van der Waals surface area contributed by atoms with Crippen molar-refractivity contribution >= 4 is 17.5 Å². The molecule has 1 fully saturated rings. The van der Waals surface area contributed by atoms with E-state index in [1.807, 2.05) is 30.3 Å². The second-order valence-electron chi connectivity index (χ2n) is 10.3. The lowest BCUT2D eigenvalue weighted by atomic mass is 9.56. The molecule has 0 bridgehead atoms. The maximum absolute atomic E-state index is 13.9. The average Bonchev–Trinajstić information content (AvgIpc) is 3.00. The van der Waals surface area contributed by atoms with Gasteiger partial charge in [0.25, 0.3) is 11.8 Å². The molecule has 198 valence electrons. The van der Waals surface area contributed by atoms with Gasteiger partial charge in [-0.25, -0.2) is 0 Å². The Hall–Kier alpha value is -3.72. The van der Waals surface area contributed by atoms with Crippen molar-refractivity contribution in [2.24, 2.45) is 5.92 Å². The van der Waals surface area contributed by atoms with Gasteiger partial charge in [0.15, 0.2) is 5.60 Å². The standard InChI is InChI=1S/C29H28F3N3O3/c1-18-24(8-5-13-33-18)35-25(36)20-9-10-23-22(14-20)26(37)34-17-21-16-28(38,29(30,31)32)12-11-27(21,23)15-19-6-3-2-4-7-19/h2-10,13-14,21,38H,11-12,15-17H2,1H3,(H,34,37)(H,35,36)/t21-,27+,28?/m1/s1. The van der Waals surface area contributed by atoms with Gasteiger partial charge in [0.1, 0.15) is 0 Å². The summed E-state index contributed by atoms with van der Waals surface area (Å²) in [7, 11) is 0. The van der Waals surface area contributed by atoms with E-state index < -0.39 is 47.8 Å². The van der Waals surface area contributed by atoms with Crippen LogP contribution in [0.5, 0.6) is 0 Å². The molecule has 1 unspecified atom stereocenters. The van der Waals surface area contributed by atoms with Crippen molar-refractivity contribution in [1.82, 2.24) is 10.3 Å². The molecule has 1 aromatic heterocycles. The fraction of sp³-hybridized carbons (Fsp3) is 0.345. The largest absolute Gasteiger partial charge is 0.417 e. The van der Waals surface area contributed by atoms with Crippen LogP contribution >= 0.6 is 0 Å². The molecule has 3 atom stereocenters. The van der Waals surface area contributed by atoms with Gasteiger partial charge in [-0.05, 0) is 73.9 Å². The molecule has 9 heteroatoms. The molecule has 2 amide bonds. The highest BCUT2D eigenvalue weighted by Gasteiger charge is 2.61. The smallest absolute Gasteiger partial charge is 0.380 e. The normalized spacial score (nSPS) is 25.0. The molecular formula is C29H28F3N3O3. The van der Waals surface area contributed by atoms with Crippen LogP contribution in [0.15, 0.2) is 66.9 Å². The molecular weight excluding hydrogens is 495 g/mol. The number of hydrogen-bond donors (Lipinski definition) is 3. The Morgan fingerprint density at radius 2 is 1.89 bits per heavy atom. The third-order valence-corrected chi connectivity index (χ3v) is 8.07. The summed E-state index contributed by atoms with van der Waals surface area (Å²) in [4.78, 5) is 30.5. The van der Waals surface area contributed by atoms with E-state index in [1.54, 1.807) is 37.4 Å². The maximum Gasteiger partial charge on any atom is 0.417 e. The van der Waals surface area contributed by atoms with Crippen LogP contribution in [0.25, 0.3) is 0 Å². The third kappa shape index (κ3) is 4.55. The van der Waals surface area contributed by atoms with E-state index in [0.717, 1.165) is 5.56 Å². The van der Waals surface area contributed by atoms with E-state index in [-0.39, 0.29) is 24.1 Å². The summed E-state index contributed by atoms with van der Waals surface area (Å²) in [6, 6.07) is 17.6. The highest BCUT2D eigenvalue weighted by Crippen LogP contribution is 2.54. The molecule has 0 radical (unpaired) electrons.